The number of fused-ring (bicyclic) bond motifs is 5. The first-order valence-electron chi connectivity index (χ1n) is 9.86. The molecule has 3 saturated carbocycles. The van der Waals surface area contributed by atoms with Crippen molar-refractivity contribution in [3.05, 3.63) is 11.6 Å². The van der Waals surface area contributed by atoms with Crippen LogP contribution in [0.4, 0.5) is 0 Å². The van der Waals surface area contributed by atoms with Crippen molar-refractivity contribution in [2.24, 2.45) is 35.0 Å². The Morgan fingerprint density at radius 1 is 1.21 bits per heavy atom. The van der Waals surface area contributed by atoms with Crippen LogP contribution in [0, 0.1) is 35.0 Å². The Labute approximate surface area is 154 Å². The van der Waals surface area contributed by atoms with Gasteiger partial charge >= 0.3 is 0 Å². The molecule has 0 aliphatic heterocycles. The van der Waals surface area contributed by atoms with Gasteiger partial charge in [-0.2, -0.15) is 0 Å². The molecule has 2 nitrogen and oxygen atoms in total. The van der Waals surface area contributed by atoms with Crippen LogP contribution in [0.3, 0.4) is 0 Å². The fraction of sp³-hybridized carbons (Fsp3) is 0.857. The van der Waals surface area contributed by atoms with Crippen molar-refractivity contribution < 1.29 is 9.90 Å². The van der Waals surface area contributed by atoms with E-state index in [0.717, 1.165) is 43.4 Å². The number of aliphatic hydroxyl groups is 1. The zero-order valence-electron chi connectivity index (χ0n) is 15.1. The fourth-order valence-electron chi connectivity index (χ4n) is 7.09. The normalized spacial score (nSPS) is 50.5. The Morgan fingerprint density at radius 3 is 2.75 bits per heavy atom. The first kappa shape index (κ1) is 17.3. The molecule has 134 valence electrons. The van der Waals surface area contributed by atoms with Crippen molar-refractivity contribution in [1.82, 2.24) is 0 Å². The fourth-order valence-corrected chi connectivity index (χ4v) is 7.48. The third kappa shape index (κ3) is 2.57. The molecule has 4 rings (SSSR count). The Balaban J connectivity index is 1.59. The predicted octanol–water partition coefficient (Wildman–Crippen LogP) is 4.89. The molecule has 4 aliphatic carbocycles. The van der Waals surface area contributed by atoms with Crippen LogP contribution in [0.2, 0.25) is 0 Å². The summed E-state index contributed by atoms with van der Waals surface area (Å²) < 4.78 is 0. The van der Waals surface area contributed by atoms with Gasteiger partial charge in [0.1, 0.15) is 5.78 Å². The van der Waals surface area contributed by atoms with Crippen molar-refractivity contribution in [1.29, 1.82) is 0 Å². The van der Waals surface area contributed by atoms with Crippen LogP contribution >= 0.6 is 15.9 Å². The van der Waals surface area contributed by atoms with E-state index in [4.69, 9.17) is 0 Å². The molecule has 0 aromatic heterocycles. The lowest BCUT2D eigenvalue weighted by Crippen LogP contribution is -2.48. The number of ketones is 1. The summed E-state index contributed by atoms with van der Waals surface area (Å²) in [5, 5.41) is 11.0. The van der Waals surface area contributed by atoms with E-state index in [1.165, 1.54) is 25.7 Å². The number of allylic oxidation sites excluding steroid dienone is 1. The molecule has 0 unspecified atom stereocenters. The van der Waals surface area contributed by atoms with Gasteiger partial charge in [0.15, 0.2) is 0 Å². The third-order valence-electron chi connectivity index (χ3n) is 8.24. The molecule has 3 heteroatoms. The second-order valence-electron chi connectivity index (χ2n) is 9.54. The highest BCUT2D eigenvalue weighted by molar-refractivity contribution is 9.09. The van der Waals surface area contributed by atoms with Crippen molar-refractivity contribution >= 4 is 21.7 Å². The smallest absolute Gasteiger partial charge is 0.147 e. The molecule has 0 radical (unpaired) electrons. The number of carbonyl (C=O) groups excluding carboxylic acids is 1. The van der Waals surface area contributed by atoms with Gasteiger partial charge in [0.05, 0.1) is 10.9 Å². The van der Waals surface area contributed by atoms with Crippen LogP contribution in [0.15, 0.2) is 11.6 Å². The SMILES string of the molecule is C[C@@]1(O)CC[C@H]2C(=CC[C@@H]3[C@@H]2CC[C@]2(C)[C@@H](C(=O)CBr)CC[C@@H]32)C1. The van der Waals surface area contributed by atoms with E-state index in [1.807, 2.05) is 6.92 Å². The molecule has 7 atom stereocenters. The molecule has 4 aliphatic rings. The van der Waals surface area contributed by atoms with Gasteiger partial charge in [0.25, 0.3) is 0 Å². The number of hydrogen-bond donors (Lipinski definition) is 1. The van der Waals surface area contributed by atoms with E-state index in [2.05, 4.69) is 28.9 Å². The second kappa shape index (κ2) is 5.94. The van der Waals surface area contributed by atoms with Gasteiger partial charge in [-0.05, 0) is 87.4 Å². The number of alkyl halides is 1. The third-order valence-corrected chi connectivity index (χ3v) is 8.79. The van der Waals surface area contributed by atoms with Gasteiger partial charge in [-0.1, -0.05) is 34.5 Å². The van der Waals surface area contributed by atoms with Crippen LogP contribution in [0.1, 0.15) is 65.2 Å². The summed E-state index contributed by atoms with van der Waals surface area (Å²) in [4.78, 5) is 12.4. The first-order chi connectivity index (χ1) is 11.4. The lowest BCUT2D eigenvalue weighted by atomic mass is 9.51. The van der Waals surface area contributed by atoms with E-state index in [9.17, 15) is 9.90 Å². The Hall–Kier alpha value is -0.150. The summed E-state index contributed by atoms with van der Waals surface area (Å²) in [5.41, 5.74) is 1.29. The monoisotopic (exact) mass is 394 g/mol. The molecule has 0 aromatic carbocycles. The summed E-state index contributed by atoms with van der Waals surface area (Å²) in [7, 11) is 0. The molecule has 3 fully saturated rings. The highest BCUT2D eigenvalue weighted by Gasteiger charge is 2.57. The molecule has 0 bridgehead atoms. The molecule has 1 N–H and O–H groups in total. The van der Waals surface area contributed by atoms with Gasteiger partial charge in [-0.15, -0.1) is 0 Å². The molecule has 24 heavy (non-hydrogen) atoms. The predicted molar refractivity (Wildman–Crippen MR) is 100 cm³/mol. The van der Waals surface area contributed by atoms with Crippen LogP contribution in [0.5, 0.6) is 0 Å². The maximum atomic E-state index is 12.4. The van der Waals surface area contributed by atoms with Gasteiger partial charge in [0.2, 0.25) is 0 Å². The summed E-state index contributed by atoms with van der Waals surface area (Å²) in [6.07, 6.45) is 11.5. The standard InChI is InChI=1S/C21H31BrO2/c1-20(24)9-7-14-13(11-20)3-4-16-15(14)8-10-21(2)17(16)5-6-18(21)19(23)12-22/h3,14-18,24H,4-12H2,1-2H3/t14-,15+,16+,17-,18+,20+,21-/m0/s1. The number of carbonyl (C=O) groups is 1. The lowest BCUT2D eigenvalue weighted by Gasteiger charge is -2.54. The molecular weight excluding hydrogens is 364 g/mol. The van der Waals surface area contributed by atoms with Crippen LogP contribution in [-0.2, 0) is 4.79 Å². The number of halogens is 1. The van der Waals surface area contributed by atoms with Crippen LogP contribution in [0.25, 0.3) is 0 Å². The number of hydrogen-bond acceptors (Lipinski definition) is 2. The minimum Gasteiger partial charge on any atom is -0.390 e. The molecule has 0 heterocycles. The molecule has 0 amide bonds. The number of rotatable bonds is 2. The average molecular weight is 395 g/mol. The maximum Gasteiger partial charge on any atom is 0.147 e. The largest absolute Gasteiger partial charge is 0.390 e. The van der Waals surface area contributed by atoms with E-state index in [0.29, 0.717) is 17.0 Å². The van der Waals surface area contributed by atoms with E-state index < -0.39 is 5.60 Å². The van der Waals surface area contributed by atoms with E-state index in [-0.39, 0.29) is 11.3 Å². The minimum atomic E-state index is -0.487. The second-order valence-corrected chi connectivity index (χ2v) is 10.1. The van der Waals surface area contributed by atoms with Gasteiger partial charge in [0, 0.05) is 5.92 Å². The molecule has 0 spiro atoms. The Kier molecular flexibility index (Phi) is 4.28. The van der Waals surface area contributed by atoms with Crippen LogP contribution < -0.4 is 0 Å². The van der Waals surface area contributed by atoms with Crippen molar-refractivity contribution in [3.8, 4) is 0 Å². The topological polar surface area (TPSA) is 37.3 Å². The summed E-state index contributed by atoms with van der Waals surface area (Å²) in [5.74, 6) is 3.72. The van der Waals surface area contributed by atoms with E-state index >= 15 is 0 Å². The number of Topliss-reactive ketones (excluding diaryl/α,β-unsaturated/α-hetero) is 1. The summed E-state index contributed by atoms with van der Waals surface area (Å²) in [6, 6.07) is 0. The van der Waals surface area contributed by atoms with Crippen molar-refractivity contribution in [2.45, 2.75) is 70.8 Å². The minimum absolute atomic E-state index is 0.234. The highest BCUT2D eigenvalue weighted by Crippen LogP contribution is 2.63. The highest BCUT2D eigenvalue weighted by atomic mass is 79.9. The molecule has 0 saturated heterocycles. The van der Waals surface area contributed by atoms with Crippen LogP contribution in [-0.4, -0.2) is 21.8 Å². The summed E-state index contributed by atoms with van der Waals surface area (Å²) >= 11 is 3.41. The van der Waals surface area contributed by atoms with Gasteiger partial charge in [-0.25, -0.2) is 0 Å². The first-order valence-corrected chi connectivity index (χ1v) is 11.0. The Morgan fingerprint density at radius 2 is 2.00 bits per heavy atom. The quantitative estimate of drug-likeness (QED) is 0.534. The van der Waals surface area contributed by atoms with E-state index in [1.54, 1.807) is 5.57 Å². The lowest BCUT2D eigenvalue weighted by molar-refractivity contribution is -0.126. The zero-order valence-corrected chi connectivity index (χ0v) is 16.6. The molecule has 0 aromatic rings. The average Bonchev–Trinajstić information content (AvgIpc) is 2.90. The maximum absolute atomic E-state index is 12.4. The van der Waals surface area contributed by atoms with Crippen molar-refractivity contribution in [2.75, 3.05) is 5.33 Å². The Bertz CT molecular complexity index is 566. The zero-order chi connectivity index (χ0) is 17.1. The molecular formula is C21H31BrO2. The van der Waals surface area contributed by atoms with Gasteiger partial charge in [-0.3, -0.25) is 4.79 Å². The van der Waals surface area contributed by atoms with Crippen molar-refractivity contribution in [3.63, 3.8) is 0 Å². The summed E-state index contributed by atoms with van der Waals surface area (Å²) in [6.45, 7) is 4.42. The van der Waals surface area contributed by atoms with Gasteiger partial charge < -0.3 is 5.11 Å².